The van der Waals surface area contributed by atoms with E-state index in [9.17, 15) is 4.39 Å². The molecule has 0 saturated heterocycles. The Morgan fingerprint density at radius 2 is 2.00 bits per heavy atom. The van der Waals surface area contributed by atoms with Crippen molar-refractivity contribution >= 4 is 0 Å². The molecule has 82 valence electrons. The smallest absolute Gasteiger partial charge is 0.123 e. The maximum absolute atomic E-state index is 13.2. The molecule has 15 heavy (non-hydrogen) atoms. The van der Waals surface area contributed by atoms with Crippen LogP contribution in [0.25, 0.3) is 0 Å². The van der Waals surface area contributed by atoms with Crippen LogP contribution in [0.15, 0.2) is 18.2 Å². The second kappa shape index (κ2) is 3.05. The van der Waals surface area contributed by atoms with Crippen LogP contribution in [0, 0.1) is 11.2 Å². The van der Waals surface area contributed by atoms with Crippen molar-refractivity contribution in [1.82, 2.24) is 0 Å². The van der Waals surface area contributed by atoms with Gasteiger partial charge in [-0.05, 0) is 35.6 Å². The highest BCUT2D eigenvalue weighted by Gasteiger charge is 2.45. The van der Waals surface area contributed by atoms with Gasteiger partial charge in [-0.25, -0.2) is 4.39 Å². The quantitative estimate of drug-likeness (QED) is 0.632. The van der Waals surface area contributed by atoms with E-state index >= 15 is 0 Å². The van der Waals surface area contributed by atoms with Crippen molar-refractivity contribution in [2.24, 2.45) is 5.41 Å². The van der Waals surface area contributed by atoms with E-state index in [4.69, 9.17) is 4.74 Å². The number of fused-ring (bicyclic) bond motifs is 1. The van der Waals surface area contributed by atoms with Gasteiger partial charge in [0.05, 0.1) is 12.2 Å². The molecule has 1 unspecified atom stereocenters. The third-order valence-electron chi connectivity index (χ3n) is 3.53. The zero-order valence-electron chi connectivity index (χ0n) is 9.73. The number of halogens is 1. The van der Waals surface area contributed by atoms with Gasteiger partial charge in [0.15, 0.2) is 0 Å². The number of benzene rings is 1. The van der Waals surface area contributed by atoms with E-state index < -0.39 is 0 Å². The Labute approximate surface area is 90.3 Å². The van der Waals surface area contributed by atoms with Gasteiger partial charge in [-0.1, -0.05) is 26.8 Å². The maximum Gasteiger partial charge on any atom is 0.123 e. The SMILES string of the molecule is CC(C)(C)C1(C)OCc2ccc(F)cc21. The molecule has 1 aromatic rings. The summed E-state index contributed by atoms with van der Waals surface area (Å²) in [6.45, 7) is 8.98. The zero-order valence-corrected chi connectivity index (χ0v) is 9.73. The molecular weight excluding hydrogens is 191 g/mol. The van der Waals surface area contributed by atoms with Crippen LogP contribution in [0.4, 0.5) is 4.39 Å². The lowest BCUT2D eigenvalue weighted by molar-refractivity contribution is -0.0993. The molecular formula is C13H17FO. The Morgan fingerprint density at radius 3 is 2.60 bits per heavy atom. The van der Waals surface area contributed by atoms with Gasteiger partial charge in [0.25, 0.3) is 0 Å². The number of hydrogen-bond acceptors (Lipinski definition) is 1. The highest BCUT2D eigenvalue weighted by Crippen LogP contribution is 2.48. The highest BCUT2D eigenvalue weighted by atomic mass is 19.1. The molecule has 0 aromatic heterocycles. The summed E-state index contributed by atoms with van der Waals surface area (Å²) in [5.74, 6) is -0.185. The third-order valence-corrected chi connectivity index (χ3v) is 3.53. The molecule has 1 atom stereocenters. The lowest BCUT2D eigenvalue weighted by Gasteiger charge is -2.38. The predicted octanol–water partition coefficient (Wildman–Crippen LogP) is 3.62. The second-order valence-electron chi connectivity index (χ2n) is 5.37. The molecule has 2 rings (SSSR count). The molecule has 0 N–H and O–H groups in total. The van der Waals surface area contributed by atoms with E-state index in [0.717, 1.165) is 11.1 Å². The maximum atomic E-state index is 13.2. The second-order valence-corrected chi connectivity index (χ2v) is 5.37. The van der Waals surface area contributed by atoms with Crippen molar-refractivity contribution in [1.29, 1.82) is 0 Å². The Morgan fingerprint density at radius 1 is 1.33 bits per heavy atom. The van der Waals surface area contributed by atoms with Crippen molar-refractivity contribution in [3.05, 3.63) is 35.1 Å². The minimum absolute atomic E-state index is 0.0357. The van der Waals surface area contributed by atoms with Crippen LogP contribution in [0.2, 0.25) is 0 Å². The van der Waals surface area contributed by atoms with E-state index in [2.05, 4.69) is 20.8 Å². The van der Waals surface area contributed by atoms with Crippen LogP contribution in [-0.4, -0.2) is 0 Å². The molecule has 0 amide bonds. The summed E-state index contributed by atoms with van der Waals surface area (Å²) in [5.41, 5.74) is 1.68. The van der Waals surface area contributed by atoms with Crippen LogP contribution in [0.3, 0.4) is 0 Å². The van der Waals surface area contributed by atoms with Crippen molar-refractivity contribution in [3.63, 3.8) is 0 Å². The molecule has 0 radical (unpaired) electrons. The fourth-order valence-corrected chi connectivity index (χ4v) is 2.04. The minimum Gasteiger partial charge on any atom is -0.365 e. The molecule has 1 aromatic carbocycles. The van der Waals surface area contributed by atoms with Crippen LogP contribution in [0.5, 0.6) is 0 Å². The first-order chi connectivity index (χ1) is 6.84. The Kier molecular flexibility index (Phi) is 2.16. The van der Waals surface area contributed by atoms with Gasteiger partial charge in [0.1, 0.15) is 5.82 Å². The van der Waals surface area contributed by atoms with E-state index in [1.807, 2.05) is 13.0 Å². The highest BCUT2D eigenvalue weighted by molar-refractivity contribution is 5.36. The Hall–Kier alpha value is -0.890. The topological polar surface area (TPSA) is 9.23 Å². The van der Waals surface area contributed by atoms with Gasteiger partial charge < -0.3 is 4.74 Å². The summed E-state index contributed by atoms with van der Waals surface area (Å²) >= 11 is 0. The molecule has 1 nitrogen and oxygen atoms in total. The lowest BCUT2D eigenvalue weighted by atomic mass is 9.73. The molecule has 0 fully saturated rings. The van der Waals surface area contributed by atoms with Gasteiger partial charge in [0.2, 0.25) is 0 Å². The lowest BCUT2D eigenvalue weighted by Crippen LogP contribution is -2.36. The van der Waals surface area contributed by atoms with Crippen LogP contribution >= 0.6 is 0 Å². The van der Waals surface area contributed by atoms with Gasteiger partial charge >= 0.3 is 0 Å². The molecule has 0 saturated carbocycles. The van der Waals surface area contributed by atoms with Crippen LogP contribution < -0.4 is 0 Å². The standard InChI is InChI=1S/C13H17FO/c1-12(2,3)13(4)11-7-10(14)6-5-9(11)8-15-13/h5-7H,8H2,1-4H3. The minimum atomic E-state index is -0.384. The average Bonchev–Trinajstić information content (AvgIpc) is 2.44. The monoisotopic (exact) mass is 208 g/mol. The Balaban J connectivity index is 2.56. The summed E-state index contributed by atoms with van der Waals surface area (Å²) in [6, 6.07) is 4.92. The number of ether oxygens (including phenoxy) is 1. The van der Waals surface area contributed by atoms with E-state index in [1.165, 1.54) is 6.07 Å². The average molecular weight is 208 g/mol. The van der Waals surface area contributed by atoms with Gasteiger partial charge in [-0.2, -0.15) is 0 Å². The molecule has 1 heterocycles. The van der Waals surface area contributed by atoms with Gasteiger partial charge in [-0.3, -0.25) is 0 Å². The van der Waals surface area contributed by atoms with Crippen molar-refractivity contribution < 1.29 is 9.13 Å². The first kappa shape index (κ1) is 10.6. The van der Waals surface area contributed by atoms with Gasteiger partial charge in [0, 0.05) is 0 Å². The molecule has 1 aliphatic rings. The summed E-state index contributed by atoms with van der Waals surface area (Å²) in [7, 11) is 0. The fraction of sp³-hybridized carbons (Fsp3) is 0.538. The van der Waals surface area contributed by atoms with Crippen LogP contribution in [-0.2, 0) is 16.9 Å². The Bertz CT molecular complexity index is 392. The van der Waals surface area contributed by atoms with Crippen molar-refractivity contribution in [2.45, 2.75) is 39.9 Å². The summed E-state index contributed by atoms with van der Waals surface area (Å²) in [6.07, 6.45) is 0. The van der Waals surface area contributed by atoms with Gasteiger partial charge in [-0.15, -0.1) is 0 Å². The summed E-state index contributed by atoms with van der Waals surface area (Å²) in [4.78, 5) is 0. The van der Waals surface area contributed by atoms with E-state index in [1.54, 1.807) is 6.07 Å². The van der Waals surface area contributed by atoms with E-state index in [0.29, 0.717) is 6.61 Å². The normalized spacial score (nSPS) is 25.4. The van der Waals surface area contributed by atoms with Crippen molar-refractivity contribution in [2.75, 3.05) is 0 Å². The first-order valence-electron chi connectivity index (χ1n) is 5.27. The first-order valence-corrected chi connectivity index (χ1v) is 5.27. The molecule has 0 spiro atoms. The van der Waals surface area contributed by atoms with Crippen LogP contribution in [0.1, 0.15) is 38.8 Å². The third kappa shape index (κ3) is 1.48. The predicted molar refractivity (Wildman–Crippen MR) is 58.0 cm³/mol. The number of hydrogen-bond donors (Lipinski definition) is 0. The van der Waals surface area contributed by atoms with Crippen molar-refractivity contribution in [3.8, 4) is 0 Å². The molecule has 1 aliphatic heterocycles. The zero-order chi connectivity index (χ0) is 11.3. The number of rotatable bonds is 0. The summed E-state index contributed by atoms with van der Waals surface area (Å²) in [5, 5.41) is 0. The molecule has 0 bridgehead atoms. The largest absolute Gasteiger partial charge is 0.365 e. The van der Waals surface area contributed by atoms with E-state index in [-0.39, 0.29) is 16.8 Å². The summed E-state index contributed by atoms with van der Waals surface area (Å²) < 4.78 is 19.1. The molecule has 0 aliphatic carbocycles. The fourth-order valence-electron chi connectivity index (χ4n) is 2.04. The molecule has 2 heteroatoms.